The monoisotopic (exact) mass is 643 g/mol. The van der Waals surface area contributed by atoms with Crippen molar-refractivity contribution in [3.63, 3.8) is 0 Å². The molecule has 2 aliphatic rings. The predicted molar refractivity (Wildman–Crippen MR) is 171 cm³/mol. The molecule has 1 unspecified atom stereocenters. The molecule has 238 valence electrons. The second-order valence-electron chi connectivity index (χ2n) is 12.3. The molecule has 2 aromatic carbocycles. The number of halogens is 1. The lowest BCUT2D eigenvalue weighted by Crippen LogP contribution is -2.53. The predicted octanol–water partition coefficient (Wildman–Crippen LogP) is 5.32. The number of esters is 1. The number of morpholine rings is 1. The molecule has 3 aromatic rings. The van der Waals surface area contributed by atoms with Crippen LogP contribution in [0.25, 0.3) is 22.2 Å². The molecule has 1 N–H and O–H groups in total. The van der Waals surface area contributed by atoms with Gasteiger partial charge in [0, 0.05) is 37.4 Å². The second-order valence-corrected chi connectivity index (χ2v) is 14.4. The first-order valence-corrected chi connectivity index (χ1v) is 17.2. The van der Waals surface area contributed by atoms with Crippen molar-refractivity contribution in [2.45, 2.75) is 69.4 Å². The maximum Gasteiger partial charge on any atom is 0.305 e. The van der Waals surface area contributed by atoms with Gasteiger partial charge >= 0.3 is 5.97 Å². The normalized spacial score (nSPS) is 21.1. The first-order valence-electron chi connectivity index (χ1n) is 15.3. The van der Waals surface area contributed by atoms with E-state index in [1.807, 2.05) is 40.8 Å². The number of sulfonamides is 1. The summed E-state index contributed by atoms with van der Waals surface area (Å²) >= 11 is 6.82. The van der Waals surface area contributed by atoms with E-state index in [2.05, 4.69) is 18.6 Å². The number of aryl methyl sites for hydroxylation is 2. The first-order chi connectivity index (χ1) is 21.0. The van der Waals surface area contributed by atoms with Crippen LogP contribution in [-0.4, -0.2) is 68.7 Å². The van der Waals surface area contributed by atoms with Crippen LogP contribution < -0.4 is 4.72 Å². The summed E-state index contributed by atoms with van der Waals surface area (Å²) in [4.78, 5) is 27.0. The summed E-state index contributed by atoms with van der Waals surface area (Å²) in [6, 6.07) is 12.7. The number of methoxy groups -OCH3 is 1. The lowest BCUT2D eigenvalue weighted by molar-refractivity contribution is -0.147. The number of hydrogen-bond donors (Lipinski definition) is 1. The molecule has 2 fully saturated rings. The van der Waals surface area contributed by atoms with Gasteiger partial charge in [-0.3, -0.25) is 9.59 Å². The third-order valence-electron chi connectivity index (χ3n) is 9.11. The molecular formula is C33H42ClN3O6S. The summed E-state index contributed by atoms with van der Waals surface area (Å²) in [6.07, 6.45) is 3.43. The minimum absolute atomic E-state index is 0.0858. The topological polar surface area (TPSA) is 107 Å². The number of ether oxygens (including phenoxy) is 2. The molecule has 1 amide bonds. The van der Waals surface area contributed by atoms with Gasteiger partial charge in [-0.2, -0.15) is 0 Å². The van der Waals surface area contributed by atoms with Gasteiger partial charge < -0.3 is 18.9 Å². The lowest BCUT2D eigenvalue weighted by Gasteiger charge is -2.41. The molecular weight excluding hydrogens is 602 g/mol. The molecule has 1 atom stereocenters. The Bertz CT molecular complexity index is 1610. The molecule has 9 nitrogen and oxygen atoms in total. The number of hydrogen-bond acceptors (Lipinski definition) is 6. The highest BCUT2D eigenvalue weighted by Crippen LogP contribution is 2.38. The Labute approximate surface area is 264 Å². The molecule has 1 aliphatic carbocycles. The summed E-state index contributed by atoms with van der Waals surface area (Å²) in [5.74, 6) is 0.153. The minimum atomic E-state index is -3.79. The Kier molecular flexibility index (Phi) is 10.0. The van der Waals surface area contributed by atoms with Gasteiger partial charge in [-0.05, 0) is 67.3 Å². The number of nitrogens with zero attached hydrogens (tertiary/aromatic N) is 2. The molecule has 0 radical (unpaired) electrons. The van der Waals surface area contributed by atoms with E-state index in [1.165, 1.54) is 7.11 Å². The summed E-state index contributed by atoms with van der Waals surface area (Å²) < 4.78 is 42.1. The van der Waals surface area contributed by atoms with Crippen LogP contribution in [0.2, 0.25) is 5.02 Å². The molecule has 5 rings (SSSR count). The van der Waals surface area contributed by atoms with Crippen LogP contribution in [0.15, 0.2) is 47.4 Å². The molecule has 1 aromatic heterocycles. The Morgan fingerprint density at radius 3 is 2.45 bits per heavy atom. The zero-order chi connectivity index (χ0) is 31.6. The average molecular weight is 644 g/mol. The summed E-state index contributed by atoms with van der Waals surface area (Å²) in [5, 5.41) is 1.31. The smallest absolute Gasteiger partial charge is 0.305 e. The molecule has 1 saturated carbocycles. The van der Waals surface area contributed by atoms with Crippen molar-refractivity contribution in [3.8, 4) is 11.3 Å². The van der Waals surface area contributed by atoms with Crippen LogP contribution in [0.1, 0.15) is 51.5 Å². The highest BCUT2D eigenvalue weighted by molar-refractivity contribution is 7.89. The SMILES string of the molecule is COC(=O)CCc1ccc(-c2c(Cl)c3ccc(S(=O)(=O)NC4CCC(C(=O)N5CCOCC5C(C)C)CC4)cc3n2C)cc1. The van der Waals surface area contributed by atoms with Crippen molar-refractivity contribution in [2.24, 2.45) is 18.9 Å². The van der Waals surface area contributed by atoms with E-state index >= 15 is 0 Å². The molecule has 11 heteroatoms. The fraction of sp³-hybridized carbons (Fsp3) is 0.515. The standard InChI is InChI=1S/C33H42ClN3O6S/c1-21(2)29-20-43-18-17-37(29)33(39)24-10-12-25(13-11-24)35-44(40,41)26-14-15-27-28(19-26)36(3)32(31(27)34)23-8-5-22(6-9-23)7-16-30(38)42-4/h5-6,8-9,14-15,19,21,24-25,29,35H,7,10-13,16-18,20H2,1-4H3. The van der Waals surface area contributed by atoms with Gasteiger partial charge in [-0.1, -0.05) is 49.7 Å². The molecule has 0 bridgehead atoms. The van der Waals surface area contributed by atoms with E-state index in [0.29, 0.717) is 74.7 Å². The van der Waals surface area contributed by atoms with Crippen LogP contribution in [0.3, 0.4) is 0 Å². The maximum atomic E-state index is 13.5. The van der Waals surface area contributed by atoms with Gasteiger partial charge in [0.15, 0.2) is 0 Å². The molecule has 44 heavy (non-hydrogen) atoms. The van der Waals surface area contributed by atoms with Crippen LogP contribution in [0, 0.1) is 11.8 Å². The highest BCUT2D eigenvalue weighted by Gasteiger charge is 2.36. The van der Waals surface area contributed by atoms with E-state index in [1.54, 1.807) is 18.2 Å². The first kappa shape index (κ1) is 32.5. The number of benzene rings is 2. The fourth-order valence-electron chi connectivity index (χ4n) is 6.46. The lowest BCUT2D eigenvalue weighted by atomic mass is 9.85. The highest BCUT2D eigenvalue weighted by atomic mass is 35.5. The van der Waals surface area contributed by atoms with E-state index in [0.717, 1.165) is 22.2 Å². The van der Waals surface area contributed by atoms with Gasteiger partial charge in [0.25, 0.3) is 0 Å². The van der Waals surface area contributed by atoms with Gasteiger partial charge in [0.2, 0.25) is 15.9 Å². The number of amides is 1. The van der Waals surface area contributed by atoms with Crippen molar-refractivity contribution in [2.75, 3.05) is 26.9 Å². The quantitative estimate of drug-likeness (QED) is 0.316. The number of carbonyl (C=O) groups excluding carboxylic acids is 2. The Morgan fingerprint density at radius 2 is 1.80 bits per heavy atom. The Morgan fingerprint density at radius 1 is 1.09 bits per heavy atom. The van der Waals surface area contributed by atoms with Gasteiger partial charge in [0.1, 0.15) is 0 Å². The Hall–Kier alpha value is -2.92. The second kappa shape index (κ2) is 13.6. The van der Waals surface area contributed by atoms with Crippen molar-refractivity contribution in [1.29, 1.82) is 0 Å². The average Bonchev–Trinajstić information content (AvgIpc) is 3.28. The molecule has 0 spiro atoms. The number of fused-ring (bicyclic) bond motifs is 1. The van der Waals surface area contributed by atoms with Crippen molar-refractivity contribution in [3.05, 3.63) is 53.1 Å². The van der Waals surface area contributed by atoms with E-state index in [4.69, 9.17) is 21.1 Å². The van der Waals surface area contributed by atoms with Crippen LogP contribution in [0.4, 0.5) is 0 Å². The molecule has 1 saturated heterocycles. The van der Waals surface area contributed by atoms with Crippen molar-refractivity contribution in [1.82, 2.24) is 14.2 Å². The van der Waals surface area contributed by atoms with E-state index in [-0.39, 0.29) is 34.8 Å². The van der Waals surface area contributed by atoms with E-state index < -0.39 is 10.0 Å². The summed E-state index contributed by atoms with van der Waals surface area (Å²) in [5.41, 5.74) is 3.39. The molecule has 2 heterocycles. The van der Waals surface area contributed by atoms with Gasteiger partial charge in [-0.15, -0.1) is 0 Å². The van der Waals surface area contributed by atoms with Crippen LogP contribution in [0.5, 0.6) is 0 Å². The third-order valence-corrected chi connectivity index (χ3v) is 11.0. The van der Waals surface area contributed by atoms with Crippen molar-refractivity contribution >= 4 is 44.4 Å². The van der Waals surface area contributed by atoms with Crippen LogP contribution in [-0.2, 0) is 42.6 Å². The zero-order valence-electron chi connectivity index (χ0n) is 25.8. The summed E-state index contributed by atoms with van der Waals surface area (Å²) in [7, 11) is -0.543. The largest absolute Gasteiger partial charge is 0.469 e. The van der Waals surface area contributed by atoms with Crippen molar-refractivity contribution < 1.29 is 27.5 Å². The third kappa shape index (κ3) is 6.83. The maximum absolute atomic E-state index is 13.5. The number of nitrogens with one attached hydrogen (secondary N) is 1. The van der Waals surface area contributed by atoms with E-state index in [9.17, 15) is 18.0 Å². The fourth-order valence-corrected chi connectivity index (χ4v) is 8.18. The van der Waals surface area contributed by atoms with Crippen LogP contribution >= 0.6 is 11.6 Å². The molecule has 1 aliphatic heterocycles. The van der Waals surface area contributed by atoms with Gasteiger partial charge in [-0.25, -0.2) is 13.1 Å². The van der Waals surface area contributed by atoms with Gasteiger partial charge in [0.05, 0.1) is 47.5 Å². The summed E-state index contributed by atoms with van der Waals surface area (Å²) in [6.45, 7) is 5.97. The minimum Gasteiger partial charge on any atom is -0.469 e. The number of aromatic nitrogens is 1. The number of carbonyl (C=O) groups is 2. The Balaban J connectivity index is 1.26. The number of rotatable bonds is 9. The zero-order valence-corrected chi connectivity index (χ0v) is 27.4.